The first-order valence-corrected chi connectivity index (χ1v) is 8.71. The van der Waals surface area contributed by atoms with Gasteiger partial charge in [0, 0.05) is 6.54 Å². The highest BCUT2D eigenvalue weighted by atomic mass is 35.5. The van der Waals surface area contributed by atoms with Gasteiger partial charge in [-0.3, -0.25) is 4.99 Å². The molecule has 0 spiro atoms. The molecule has 3 aromatic rings. The van der Waals surface area contributed by atoms with E-state index in [0.29, 0.717) is 12.4 Å². The van der Waals surface area contributed by atoms with Gasteiger partial charge in [-0.25, -0.2) is 4.68 Å². The van der Waals surface area contributed by atoms with Crippen LogP contribution in [-0.2, 0) is 6.42 Å². The molecule has 0 saturated heterocycles. The third-order valence-corrected chi connectivity index (χ3v) is 4.08. The molecule has 0 fully saturated rings. The predicted molar refractivity (Wildman–Crippen MR) is 102 cm³/mol. The molecule has 0 radical (unpaired) electrons. The largest absolute Gasteiger partial charge is 0.386 e. The molecule has 2 N–H and O–H groups in total. The molecule has 25 heavy (non-hydrogen) atoms. The molecule has 0 atom stereocenters. The minimum atomic E-state index is 0.272. The summed E-state index contributed by atoms with van der Waals surface area (Å²) in [5.41, 5.74) is 9.84. The van der Waals surface area contributed by atoms with Crippen molar-refractivity contribution in [2.45, 2.75) is 12.8 Å². The fraction of sp³-hybridized carbons (Fsp3) is 0.211. The lowest BCUT2D eigenvalue weighted by Gasteiger charge is -2.05. The molecule has 0 aliphatic heterocycles. The van der Waals surface area contributed by atoms with E-state index < -0.39 is 0 Å². The van der Waals surface area contributed by atoms with Crippen LogP contribution in [0, 0.1) is 0 Å². The van der Waals surface area contributed by atoms with Crippen LogP contribution in [0.25, 0.3) is 16.8 Å². The highest BCUT2D eigenvalue weighted by molar-refractivity contribution is 6.27. The first-order chi connectivity index (χ1) is 12.3. The van der Waals surface area contributed by atoms with Crippen LogP contribution in [-0.4, -0.2) is 33.3 Å². The van der Waals surface area contributed by atoms with Gasteiger partial charge in [-0.1, -0.05) is 47.7 Å². The summed E-state index contributed by atoms with van der Waals surface area (Å²) in [5, 5.41) is 8.48. The Labute approximate surface area is 152 Å². The molecule has 128 valence electrons. The third kappa shape index (κ3) is 4.67. The Morgan fingerprint density at radius 1 is 1.08 bits per heavy atom. The lowest BCUT2D eigenvalue weighted by molar-refractivity contribution is 0.779. The summed E-state index contributed by atoms with van der Waals surface area (Å²) in [6.07, 6.45) is 3.62. The summed E-state index contributed by atoms with van der Waals surface area (Å²) in [6, 6.07) is 18.5. The molecule has 0 unspecified atom stereocenters. The molecule has 1 aromatic heterocycles. The first kappa shape index (κ1) is 17.2. The van der Waals surface area contributed by atoms with Crippen LogP contribution < -0.4 is 5.73 Å². The van der Waals surface area contributed by atoms with Crippen molar-refractivity contribution in [1.29, 1.82) is 0 Å². The van der Waals surface area contributed by atoms with E-state index in [1.807, 2.05) is 36.5 Å². The number of hydrogen-bond donors (Lipinski definition) is 1. The fourth-order valence-electron chi connectivity index (χ4n) is 2.52. The van der Waals surface area contributed by atoms with Crippen LogP contribution in [0.2, 0.25) is 0 Å². The van der Waals surface area contributed by atoms with Crippen molar-refractivity contribution >= 4 is 17.4 Å². The number of aromatic nitrogens is 3. The van der Waals surface area contributed by atoms with Crippen LogP contribution in [0.15, 0.2) is 65.8 Å². The summed E-state index contributed by atoms with van der Waals surface area (Å²) < 4.78 is 1.80. The van der Waals surface area contributed by atoms with E-state index in [0.717, 1.165) is 29.8 Å². The van der Waals surface area contributed by atoms with E-state index >= 15 is 0 Å². The maximum Gasteiger partial charge on any atom is 0.109 e. The quantitative estimate of drug-likeness (QED) is 0.306. The SMILES string of the molecule is NC(CCl)=NCCCc1cn(-c2cccc(-c3ccccc3)c2)nn1. The highest BCUT2D eigenvalue weighted by Gasteiger charge is 2.05. The lowest BCUT2D eigenvalue weighted by atomic mass is 10.1. The van der Waals surface area contributed by atoms with E-state index in [-0.39, 0.29) is 5.88 Å². The molecule has 0 bridgehead atoms. The van der Waals surface area contributed by atoms with Crippen molar-refractivity contribution in [2.24, 2.45) is 10.7 Å². The van der Waals surface area contributed by atoms with Crippen LogP contribution in [0.5, 0.6) is 0 Å². The molecule has 6 heteroatoms. The summed E-state index contributed by atoms with van der Waals surface area (Å²) >= 11 is 5.59. The summed E-state index contributed by atoms with van der Waals surface area (Å²) in [7, 11) is 0. The molecule has 0 aliphatic carbocycles. The van der Waals surface area contributed by atoms with Gasteiger partial charge in [0.25, 0.3) is 0 Å². The average molecular weight is 354 g/mol. The number of hydrogen-bond acceptors (Lipinski definition) is 3. The number of nitrogens with zero attached hydrogens (tertiary/aromatic N) is 4. The van der Waals surface area contributed by atoms with Gasteiger partial charge in [-0.2, -0.15) is 0 Å². The molecule has 3 rings (SSSR count). The highest BCUT2D eigenvalue weighted by Crippen LogP contribution is 2.21. The van der Waals surface area contributed by atoms with E-state index in [1.54, 1.807) is 4.68 Å². The molecular weight excluding hydrogens is 334 g/mol. The monoisotopic (exact) mass is 353 g/mol. The molecule has 0 saturated carbocycles. The maximum absolute atomic E-state index is 5.59. The smallest absolute Gasteiger partial charge is 0.109 e. The van der Waals surface area contributed by atoms with Gasteiger partial charge >= 0.3 is 0 Å². The topological polar surface area (TPSA) is 69.1 Å². The second kappa shape index (κ2) is 8.44. The van der Waals surface area contributed by atoms with Crippen LogP contribution >= 0.6 is 11.6 Å². The van der Waals surface area contributed by atoms with Gasteiger partial charge in [-0.15, -0.1) is 16.7 Å². The number of aliphatic imine (C=N–C) groups is 1. The summed E-state index contributed by atoms with van der Waals surface area (Å²) in [5.74, 6) is 0.747. The van der Waals surface area contributed by atoms with Crippen molar-refractivity contribution in [3.63, 3.8) is 0 Å². The van der Waals surface area contributed by atoms with Gasteiger partial charge in [0.15, 0.2) is 0 Å². The Morgan fingerprint density at radius 3 is 2.68 bits per heavy atom. The third-order valence-electron chi connectivity index (χ3n) is 3.80. The van der Waals surface area contributed by atoms with Crippen molar-refractivity contribution < 1.29 is 0 Å². The van der Waals surface area contributed by atoms with Crippen molar-refractivity contribution in [2.75, 3.05) is 12.4 Å². The Hall–Kier alpha value is -2.66. The molecule has 1 heterocycles. The van der Waals surface area contributed by atoms with E-state index in [1.165, 1.54) is 5.56 Å². The molecule has 2 aromatic carbocycles. The second-order valence-corrected chi connectivity index (χ2v) is 5.95. The average Bonchev–Trinajstić information content (AvgIpc) is 3.15. The number of nitrogens with two attached hydrogens (primary N) is 1. The Morgan fingerprint density at radius 2 is 1.88 bits per heavy atom. The zero-order chi connectivity index (χ0) is 17.5. The van der Waals surface area contributed by atoms with Crippen LogP contribution in [0.3, 0.4) is 0 Å². The number of aryl methyl sites for hydroxylation is 1. The number of amidine groups is 1. The lowest BCUT2D eigenvalue weighted by Crippen LogP contribution is -2.13. The number of alkyl halides is 1. The zero-order valence-corrected chi connectivity index (χ0v) is 14.6. The first-order valence-electron chi connectivity index (χ1n) is 8.18. The second-order valence-electron chi connectivity index (χ2n) is 5.68. The minimum Gasteiger partial charge on any atom is -0.386 e. The van der Waals surface area contributed by atoms with E-state index in [4.69, 9.17) is 17.3 Å². The van der Waals surface area contributed by atoms with Crippen LogP contribution in [0.1, 0.15) is 12.1 Å². The number of halogens is 1. The zero-order valence-electron chi connectivity index (χ0n) is 13.8. The van der Waals surface area contributed by atoms with Crippen molar-refractivity contribution in [3.05, 3.63) is 66.5 Å². The van der Waals surface area contributed by atoms with Gasteiger partial charge in [0.2, 0.25) is 0 Å². The molecule has 0 amide bonds. The molecule has 5 nitrogen and oxygen atoms in total. The number of benzene rings is 2. The normalized spacial score (nSPS) is 11.6. The minimum absolute atomic E-state index is 0.272. The fourth-order valence-corrected chi connectivity index (χ4v) is 2.61. The molecular formula is C19H20ClN5. The van der Waals surface area contributed by atoms with Gasteiger partial charge < -0.3 is 5.73 Å². The van der Waals surface area contributed by atoms with Gasteiger partial charge in [0.05, 0.1) is 23.5 Å². The van der Waals surface area contributed by atoms with E-state index in [2.05, 4.69) is 39.6 Å². The van der Waals surface area contributed by atoms with Crippen molar-refractivity contribution in [3.8, 4) is 16.8 Å². The molecule has 0 aliphatic rings. The predicted octanol–water partition coefficient (Wildman–Crippen LogP) is 3.46. The van der Waals surface area contributed by atoms with Gasteiger partial charge in [-0.05, 0) is 36.1 Å². The Bertz CT molecular complexity index is 842. The standard InChI is InChI=1S/C19H20ClN5/c20-13-19(21)22-11-5-9-17-14-25(24-23-17)18-10-4-8-16(12-18)15-6-2-1-3-7-15/h1-4,6-8,10,12,14H,5,9,11,13H2,(H2,21,22). The van der Waals surface area contributed by atoms with Gasteiger partial charge in [0.1, 0.15) is 5.84 Å². The summed E-state index contributed by atoms with van der Waals surface area (Å²) in [4.78, 5) is 4.18. The Balaban J connectivity index is 1.68. The van der Waals surface area contributed by atoms with Crippen molar-refractivity contribution in [1.82, 2.24) is 15.0 Å². The number of rotatable bonds is 7. The van der Waals surface area contributed by atoms with Crippen LogP contribution in [0.4, 0.5) is 0 Å². The van der Waals surface area contributed by atoms with E-state index in [9.17, 15) is 0 Å². The maximum atomic E-state index is 5.59. The summed E-state index contributed by atoms with van der Waals surface area (Å²) in [6.45, 7) is 0.648. The Kier molecular flexibility index (Phi) is 5.80.